The zero-order valence-corrected chi connectivity index (χ0v) is 9.39. The number of hydrogen-bond acceptors (Lipinski definition) is 2. The Bertz CT molecular complexity index is 172. The van der Waals surface area contributed by atoms with E-state index in [2.05, 4.69) is 5.73 Å². The number of hydrogen-bond donors (Lipinski definition) is 1. The maximum absolute atomic E-state index is 11.5. The predicted octanol–water partition coefficient (Wildman–Crippen LogP) is 0.985. The third-order valence-electron chi connectivity index (χ3n) is 2.04. The second-order valence-electron chi connectivity index (χ2n) is 4.53. The summed E-state index contributed by atoms with van der Waals surface area (Å²) in [6.45, 7) is 9.67. The van der Waals surface area contributed by atoms with Gasteiger partial charge in [-0.1, -0.05) is 13.8 Å². The van der Waals surface area contributed by atoms with Gasteiger partial charge in [-0.3, -0.25) is 0 Å². The molecular weight excluding hydrogens is 166 g/mol. The Morgan fingerprint density at radius 2 is 1.92 bits per heavy atom. The maximum atomic E-state index is 11.5. The van der Waals surface area contributed by atoms with Crippen LogP contribution in [0.3, 0.4) is 0 Å². The summed E-state index contributed by atoms with van der Waals surface area (Å²) in [5.74, 6) is 0.0942. The Morgan fingerprint density at radius 3 is 2.23 bits per heavy atom. The van der Waals surface area contributed by atoms with Gasteiger partial charge < -0.3 is 10.5 Å². The van der Waals surface area contributed by atoms with Crippen molar-refractivity contribution in [1.82, 2.24) is 0 Å². The van der Waals surface area contributed by atoms with Crippen LogP contribution in [0.1, 0.15) is 41.0 Å². The monoisotopic (exact) mass is 188 g/mol. The molecule has 0 saturated carbocycles. The minimum atomic E-state index is -0.402. The van der Waals surface area contributed by atoms with Gasteiger partial charge in [0, 0.05) is 5.92 Å². The molecule has 13 heavy (non-hydrogen) atoms. The topological polar surface area (TPSA) is 53.9 Å². The molecule has 0 spiro atoms. The van der Waals surface area contributed by atoms with Crippen molar-refractivity contribution < 1.29 is 15.3 Å². The standard InChI is InChI=1S/C10H21NO2/c1-6-7(2)8(11)9(12)13-10(3,4)5/h7-8H,6,11H2,1-5H3/p+1/t7-,8-/m0/s1. The Balaban J connectivity index is 4.12. The van der Waals surface area contributed by atoms with Gasteiger partial charge in [-0.05, 0) is 27.2 Å². The van der Waals surface area contributed by atoms with Crippen molar-refractivity contribution in [2.45, 2.75) is 52.7 Å². The van der Waals surface area contributed by atoms with Crippen LogP contribution in [0.25, 0.3) is 0 Å². The summed E-state index contributed by atoms with van der Waals surface area (Å²) in [5, 5.41) is 0. The summed E-state index contributed by atoms with van der Waals surface area (Å²) in [5.41, 5.74) is 3.42. The normalized spacial score (nSPS) is 16.5. The summed E-state index contributed by atoms with van der Waals surface area (Å²) in [4.78, 5) is 11.5. The van der Waals surface area contributed by atoms with Gasteiger partial charge in [-0.15, -0.1) is 0 Å². The van der Waals surface area contributed by atoms with E-state index in [4.69, 9.17) is 4.74 Å². The number of carbonyl (C=O) groups is 1. The van der Waals surface area contributed by atoms with Crippen LogP contribution in [0.5, 0.6) is 0 Å². The van der Waals surface area contributed by atoms with E-state index in [0.29, 0.717) is 0 Å². The van der Waals surface area contributed by atoms with Gasteiger partial charge in [0.15, 0.2) is 6.04 Å². The number of ether oxygens (including phenoxy) is 1. The van der Waals surface area contributed by atoms with Crippen LogP contribution >= 0.6 is 0 Å². The Morgan fingerprint density at radius 1 is 1.46 bits per heavy atom. The summed E-state index contributed by atoms with van der Waals surface area (Å²) in [7, 11) is 0. The Hall–Kier alpha value is -0.570. The molecule has 0 rings (SSSR count). The van der Waals surface area contributed by atoms with E-state index in [1.165, 1.54) is 0 Å². The molecule has 78 valence electrons. The lowest BCUT2D eigenvalue weighted by Gasteiger charge is -2.22. The van der Waals surface area contributed by atoms with Crippen LogP contribution in [-0.4, -0.2) is 17.6 Å². The highest BCUT2D eigenvalue weighted by Crippen LogP contribution is 2.11. The molecule has 0 aromatic rings. The van der Waals surface area contributed by atoms with Crippen molar-refractivity contribution in [2.75, 3.05) is 0 Å². The molecule has 3 heteroatoms. The maximum Gasteiger partial charge on any atom is 0.365 e. The van der Waals surface area contributed by atoms with Gasteiger partial charge in [0.2, 0.25) is 0 Å². The first kappa shape index (κ1) is 12.4. The SMILES string of the molecule is CC[C@H](C)[C@H]([NH3+])C(=O)OC(C)(C)C. The lowest BCUT2D eigenvalue weighted by Crippen LogP contribution is -2.68. The van der Waals surface area contributed by atoms with E-state index in [-0.39, 0.29) is 17.9 Å². The molecular formula is C10H22NO2+. The van der Waals surface area contributed by atoms with E-state index in [1.807, 2.05) is 34.6 Å². The van der Waals surface area contributed by atoms with Gasteiger partial charge >= 0.3 is 5.97 Å². The second kappa shape index (κ2) is 4.61. The minimum absolute atomic E-state index is 0.193. The predicted molar refractivity (Wildman–Crippen MR) is 52.0 cm³/mol. The van der Waals surface area contributed by atoms with Crippen LogP contribution in [0.4, 0.5) is 0 Å². The van der Waals surface area contributed by atoms with Crippen LogP contribution in [0.2, 0.25) is 0 Å². The average molecular weight is 188 g/mol. The molecule has 0 radical (unpaired) electrons. The van der Waals surface area contributed by atoms with E-state index < -0.39 is 5.60 Å². The van der Waals surface area contributed by atoms with Gasteiger partial charge in [0.05, 0.1) is 0 Å². The van der Waals surface area contributed by atoms with E-state index in [1.54, 1.807) is 0 Å². The van der Waals surface area contributed by atoms with Crippen molar-refractivity contribution in [3.05, 3.63) is 0 Å². The molecule has 0 aliphatic carbocycles. The highest BCUT2D eigenvalue weighted by atomic mass is 16.6. The molecule has 0 bridgehead atoms. The highest BCUT2D eigenvalue weighted by Gasteiger charge is 2.28. The molecule has 0 heterocycles. The molecule has 0 aliphatic rings. The quantitative estimate of drug-likeness (QED) is 0.671. The van der Waals surface area contributed by atoms with Gasteiger partial charge in [0.25, 0.3) is 0 Å². The van der Waals surface area contributed by atoms with Crippen LogP contribution in [-0.2, 0) is 9.53 Å². The fourth-order valence-electron chi connectivity index (χ4n) is 0.894. The number of carbonyl (C=O) groups excluding carboxylic acids is 1. The summed E-state index contributed by atoms with van der Waals surface area (Å²) in [6, 6.07) is -0.246. The van der Waals surface area contributed by atoms with Crippen LogP contribution in [0, 0.1) is 5.92 Å². The van der Waals surface area contributed by atoms with Crippen molar-refractivity contribution >= 4 is 5.97 Å². The Kier molecular flexibility index (Phi) is 4.40. The number of esters is 1. The average Bonchev–Trinajstić information content (AvgIpc) is 1.98. The van der Waals surface area contributed by atoms with Gasteiger partial charge in [-0.2, -0.15) is 0 Å². The molecule has 3 N–H and O–H groups in total. The molecule has 0 amide bonds. The highest BCUT2D eigenvalue weighted by molar-refractivity contribution is 5.74. The Labute approximate surface area is 80.6 Å². The molecule has 0 unspecified atom stereocenters. The summed E-state index contributed by atoms with van der Waals surface area (Å²) < 4.78 is 5.22. The van der Waals surface area contributed by atoms with Crippen LogP contribution < -0.4 is 5.73 Å². The molecule has 2 atom stereocenters. The number of quaternary nitrogens is 1. The van der Waals surface area contributed by atoms with Crippen molar-refractivity contribution in [1.29, 1.82) is 0 Å². The third-order valence-corrected chi connectivity index (χ3v) is 2.04. The lowest BCUT2D eigenvalue weighted by atomic mass is 10.00. The van der Waals surface area contributed by atoms with Crippen molar-refractivity contribution in [3.63, 3.8) is 0 Å². The van der Waals surface area contributed by atoms with E-state index in [0.717, 1.165) is 6.42 Å². The van der Waals surface area contributed by atoms with E-state index in [9.17, 15) is 4.79 Å². The van der Waals surface area contributed by atoms with Crippen molar-refractivity contribution in [2.24, 2.45) is 5.92 Å². The molecule has 0 aliphatic heterocycles. The molecule has 0 aromatic heterocycles. The molecule has 0 aromatic carbocycles. The zero-order chi connectivity index (χ0) is 10.6. The fraction of sp³-hybridized carbons (Fsp3) is 0.900. The summed E-state index contributed by atoms with van der Waals surface area (Å²) >= 11 is 0. The molecule has 0 fully saturated rings. The van der Waals surface area contributed by atoms with Crippen molar-refractivity contribution in [3.8, 4) is 0 Å². The first-order valence-corrected chi connectivity index (χ1v) is 4.84. The lowest BCUT2D eigenvalue weighted by molar-refractivity contribution is -0.421. The van der Waals surface area contributed by atoms with Gasteiger partial charge in [-0.25, -0.2) is 4.79 Å². The molecule has 3 nitrogen and oxygen atoms in total. The zero-order valence-electron chi connectivity index (χ0n) is 9.39. The smallest absolute Gasteiger partial charge is 0.365 e. The minimum Gasteiger partial charge on any atom is -0.456 e. The van der Waals surface area contributed by atoms with Crippen LogP contribution in [0.15, 0.2) is 0 Å². The third kappa shape index (κ3) is 4.88. The first-order valence-electron chi connectivity index (χ1n) is 4.84. The molecule has 0 saturated heterocycles. The second-order valence-corrected chi connectivity index (χ2v) is 4.53. The van der Waals surface area contributed by atoms with E-state index >= 15 is 0 Å². The number of rotatable bonds is 3. The largest absolute Gasteiger partial charge is 0.456 e. The summed E-state index contributed by atoms with van der Waals surface area (Å²) in [6.07, 6.45) is 0.952. The first-order chi connectivity index (χ1) is 5.78. The fourth-order valence-corrected chi connectivity index (χ4v) is 0.894. The van der Waals surface area contributed by atoms with Gasteiger partial charge in [0.1, 0.15) is 5.60 Å².